The predicted molar refractivity (Wildman–Crippen MR) is 46.5 cm³/mol. The van der Waals surface area contributed by atoms with Gasteiger partial charge < -0.3 is 14.2 Å². The zero-order valence-corrected chi connectivity index (χ0v) is 8.28. The standard InChI is InChI=1S/C9H16O4/c1-4-11-9(10)13-8-5-6(2)12-7(8)3/h6-8H,4-5H2,1-3H3/t6-,7+,8?/m0/s1. The Morgan fingerprint density at radius 1 is 1.54 bits per heavy atom. The molecule has 1 fully saturated rings. The zero-order chi connectivity index (χ0) is 9.84. The molecule has 4 nitrogen and oxygen atoms in total. The molecule has 1 unspecified atom stereocenters. The average Bonchev–Trinajstić information content (AvgIpc) is 2.30. The summed E-state index contributed by atoms with van der Waals surface area (Å²) in [4.78, 5) is 11.0. The Kier molecular flexibility index (Phi) is 3.54. The molecule has 0 aliphatic carbocycles. The molecule has 0 N–H and O–H groups in total. The van der Waals surface area contributed by atoms with E-state index in [0.717, 1.165) is 6.42 Å². The lowest BCUT2D eigenvalue weighted by atomic mass is 10.2. The molecule has 4 heteroatoms. The van der Waals surface area contributed by atoms with E-state index >= 15 is 0 Å². The minimum Gasteiger partial charge on any atom is -0.435 e. The molecule has 0 bridgehead atoms. The molecule has 1 aliphatic rings. The van der Waals surface area contributed by atoms with Gasteiger partial charge in [-0.25, -0.2) is 4.79 Å². The van der Waals surface area contributed by atoms with E-state index in [9.17, 15) is 4.79 Å². The second-order valence-corrected chi connectivity index (χ2v) is 3.23. The van der Waals surface area contributed by atoms with Crippen molar-refractivity contribution in [3.63, 3.8) is 0 Å². The minimum absolute atomic E-state index is 0.0283. The van der Waals surface area contributed by atoms with Gasteiger partial charge in [-0.2, -0.15) is 0 Å². The molecule has 1 aliphatic heterocycles. The van der Waals surface area contributed by atoms with Gasteiger partial charge in [0, 0.05) is 6.42 Å². The molecule has 0 aromatic heterocycles. The van der Waals surface area contributed by atoms with Crippen LogP contribution in [0.5, 0.6) is 0 Å². The van der Waals surface area contributed by atoms with Gasteiger partial charge in [-0.3, -0.25) is 0 Å². The van der Waals surface area contributed by atoms with Crippen molar-refractivity contribution in [2.45, 2.75) is 45.5 Å². The molecule has 13 heavy (non-hydrogen) atoms. The first-order valence-electron chi connectivity index (χ1n) is 4.62. The number of carbonyl (C=O) groups excluding carboxylic acids is 1. The summed E-state index contributed by atoms with van der Waals surface area (Å²) in [6.45, 7) is 5.95. The smallest absolute Gasteiger partial charge is 0.435 e. The maximum Gasteiger partial charge on any atom is 0.508 e. The fraction of sp³-hybridized carbons (Fsp3) is 0.889. The Bertz CT molecular complexity index is 180. The van der Waals surface area contributed by atoms with Crippen LogP contribution in [0.4, 0.5) is 4.79 Å². The van der Waals surface area contributed by atoms with Gasteiger partial charge in [0.2, 0.25) is 0 Å². The molecule has 0 saturated carbocycles. The summed E-state index contributed by atoms with van der Waals surface area (Å²) in [6.07, 6.45) is 0.125. The Labute approximate surface area is 78.2 Å². The van der Waals surface area contributed by atoms with E-state index in [1.165, 1.54) is 0 Å². The molecule has 3 atom stereocenters. The van der Waals surface area contributed by atoms with Gasteiger partial charge in [0.25, 0.3) is 0 Å². The van der Waals surface area contributed by atoms with Crippen LogP contribution in [0.2, 0.25) is 0 Å². The predicted octanol–water partition coefficient (Wildman–Crippen LogP) is 1.73. The Morgan fingerprint density at radius 3 is 2.69 bits per heavy atom. The molecule has 0 radical (unpaired) electrons. The van der Waals surface area contributed by atoms with Crippen LogP contribution in [0, 0.1) is 0 Å². The summed E-state index contributed by atoms with van der Waals surface area (Å²) < 4.78 is 15.1. The van der Waals surface area contributed by atoms with Crippen LogP contribution in [0.25, 0.3) is 0 Å². The maximum absolute atomic E-state index is 11.0. The van der Waals surface area contributed by atoms with Crippen molar-refractivity contribution in [2.24, 2.45) is 0 Å². The molecule has 0 spiro atoms. The first kappa shape index (κ1) is 10.3. The van der Waals surface area contributed by atoms with Crippen LogP contribution in [-0.4, -0.2) is 31.1 Å². The highest BCUT2D eigenvalue weighted by molar-refractivity contribution is 5.60. The monoisotopic (exact) mass is 188 g/mol. The third-order valence-corrected chi connectivity index (χ3v) is 2.04. The van der Waals surface area contributed by atoms with Crippen molar-refractivity contribution < 1.29 is 19.0 Å². The van der Waals surface area contributed by atoms with E-state index in [1.54, 1.807) is 6.92 Å². The fourth-order valence-electron chi connectivity index (χ4n) is 1.45. The minimum atomic E-state index is -0.600. The van der Waals surface area contributed by atoms with Crippen LogP contribution < -0.4 is 0 Å². The third kappa shape index (κ3) is 2.88. The van der Waals surface area contributed by atoms with Crippen LogP contribution in [0.15, 0.2) is 0 Å². The molecule has 0 aromatic rings. The van der Waals surface area contributed by atoms with E-state index in [2.05, 4.69) is 4.74 Å². The Hall–Kier alpha value is -0.770. The quantitative estimate of drug-likeness (QED) is 0.619. The van der Waals surface area contributed by atoms with Crippen molar-refractivity contribution in [2.75, 3.05) is 6.61 Å². The highest BCUT2D eigenvalue weighted by atomic mass is 16.7. The summed E-state index contributed by atoms with van der Waals surface area (Å²) in [7, 11) is 0. The third-order valence-electron chi connectivity index (χ3n) is 2.04. The van der Waals surface area contributed by atoms with Gasteiger partial charge in [0.1, 0.15) is 6.10 Å². The molecule has 1 saturated heterocycles. The average molecular weight is 188 g/mol. The Balaban J connectivity index is 2.32. The SMILES string of the molecule is CCOC(=O)OC1C[C@H](C)O[C@@H]1C. The van der Waals surface area contributed by atoms with Crippen molar-refractivity contribution in [1.29, 1.82) is 0 Å². The van der Waals surface area contributed by atoms with Crippen molar-refractivity contribution in [3.05, 3.63) is 0 Å². The number of hydrogen-bond donors (Lipinski definition) is 0. The molecular formula is C9H16O4. The van der Waals surface area contributed by atoms with Gasteiger partial charge in [0.15, 0.2) is 0 Å². The molecule has 0 aromatic carbocycles. The summed E-state index contributed by atoms with van der Waals surface area (Å²) in [5, 5.41) is 0. The number of hydrogen-bond acceptors (Lipinski definition) is 4. The van der Waals surface area contributed by atoms with E-state index in [1.807, 2.05) is 13.8 Å². The summed E-state index contributed by atoms with van der Waals surface area (Å²) in [6, 6.07) is 0. The van der Waals surface area contributed by atoms with Gasteiger partial charge in [-0.15, -0.1) is 0 Å². The normalized spacial score (nSPS) is 33.0. The van der Waals surface area contributed by atoms with Crippen LogP contribution >= 0.6 is 0 Å². The van der Waals surface area contributed by atoms with Crippen LogP contribution in [-0.2, 0) is 14.2 Å². The maximum atomic E-state index is 11.0. The van der Waals surface area contributed by atoms with Gasteiger partial charge in [-0.1, -0.05) is 0 Å². The van der Waals surface area contributed by atoms with E-state index in [-0.39, 0.29) is 18.3 Å². The van der Waals surface area contributed by atoms with E-state index < -0.39 is 6.16 Å². The van der Waals surface area contributed by atoms with Gasteiger partial charge >= 0.3 is 6.16 Å². The second-order valence-electron chi connectivity index (χ2n) is 3.23. The topological polar surface area (TPSA) is 44.8 Å². The van der Waals surface area contributed by atoms with Crippen molar-refractivity contribution >= 4 is 6.16 Å². The highest BCUT2D eigenvalue weighted by Crippen LogP contribution is 2.22. The number of carbonyl (C=O) groups is 1. The lowest BCUT2D eigenvalue weighted by Gasteiger charge is -2.13. The summed E-state index contributed by atoms with van der Waals surface area (Å²) in [5.74, 6) is 0. The zero-order valence-electron chi connectivity index (χ0n) is 8.28. The van der Waals surface area contributed by atoms with E-state index in [4.69, 9.17) is 9.47 Å². The molecular weight excluding hydrogens is 172 g/mol. The summed E-state index contributed by atoms with van der Waals surface area (Å²) in [5.41, 5.74) is 0. The van der Waals surface area contributed by atoms with Crippen LogP contribution in [0.3, 0.4) is 0 Å². The largest absolute Gasteiger partial charge is 0.508 e. The van der Waals surface area contributed by atoms with Crippen molar-refractivity contribution in [3.8, 4) is 0 Å². The van der Waals surface area contributed by atoms with Gasteiger partial charge in [0.05, 0.1) is 18.8 Å². The van der Waals surface area contributed by atoms with Crippen LogP contribution in [0.1, 0.15) is 27.2 Å². The summed E-state index contributed by atoms with van der Waals surface area (Å²) >= 11 is 0. The first-order valence-corrected chi connectivity index (χ1v) is 4.62. The van der Waals surface area contributed by atoms with Crippen molar-refractivity contribution in [1.82, 2.24) is 0 Å². The van der Waals surface area contributed by atoms with Gasteiger partial charge in [-0.05, 0) is 20.8 Å². The number of rotatable bonds is 2. The molecule has 1 rings (SSSR count). The lowest BCUT2D eigenvalue weighted by molar-refractivity contribution is -0.0102. The molecule has 1 heterocycles. The Morgan fingerprint density at radius 2 is 2.23 bits per heavy atom. The highest BCUT2D eigenvalue weighted by Gasteiger charge is 2.32. The van der Waals surface area contributed by atoms with E-state index in [0.29, 0.717) is 6.61 Å². The fourth-order valence-corrected chi connectivity index (χ4v) is 1.45. The second kappa shape index (κ2) is 4.46. The first-order chi connectivity index (χ1) is 6.13. The molecule has 76 valence electrons. The number of ether oxygens (including phenoxy) is 3. The molecule has 0 amide bonds. The lowest BCUT2D eigenvalue weighted by Crippen LogP contribution is -2.25.